The smallest absolute Gasteiger partial charge is 0.132 e. The number of halogens is 1. The largest absolute Gasteiger partial charge is 0.373 e. The highest BCUT2D eigenvalue weighted by Gasteiger charge is 2.06. The molecular formula is C13H15ClN4S. The Labute approximate surface area is 122 Å². The molecule has 0 aliphatic rings. The molecule has 0 saturated heterocycles. The Morgan fingerprint density at radius 3 is 2.74 bits per heavy atom. The molecule has 0 aromatic carbocycles. The van der Waals surface area contributed by atoms with Crippen LogP contribution < -0.4 is 5.32 Å². The fraction of sp³-hybridized carbons (Fsp3) is 0.308. The van der Waals surface area contributed by atoms with Gasteiger partial charge in [0.15, 0.2) is 0 Å². The third-order valence-corrected chi connectivity index (χ3v) is 3.48. The van der Waals surface area contributed by atoms with Gasteiger partial charge in [-0.05, 0) is 30.3 Å². The summed E-state index contributed by atoms with van der Waals surface area (Å²) in [5, 5.41) is 5.44. The lowest BCUT2D eigenvalue weighted by Crippen LogP contribution is -2.01. The Kier molecular flexibility index (Phi) is 4.99. The van der Waals surface area contributed by atoms with Crippen molar-refractivity contribution >= 4 is 29.2 Å². The van der Waals surface area contributed by atoms with Crippen molar-refractivity contribution in [3.63, 3.8) is 0 Å². The van der Waals surface area contributed by atoms with E-state index < -0.39 is 0 Å². The van der Waals surface area contributed by atoms with Crippen molar-refractivity contribution in [1.29, 1.82) is 0 Å². The molecule has 0 spiro atoms. The van der Waals surface area contributed by atoms with Crippen molar-refractivity contribution in [2.75, 3.05) is 12.4 Å². The number of pyridine rings is 1. The summed E-state index contributed by atoms with van der Waals surface area (Å²) < 4.78 is 0. The van der Waals surface area contributed by atoms with E-state index in [1.54, 1.807) is 6.20 Å². The summed E-state index contributed by atoms with van der Waals surface area (Å²) in [5.41, 5.74) is 0. The number of hydrogen-bond acceptors (Lipinski definition) is 5. The lowest BCUT2D eigenvalue weighted by molar-refractivity contribution is 0.811. The van der Waals surface area contributed by atoms with Gasteiger partial charge in [-0.15, -0.1) is 0 Å². The number of nitrogens with one attached hydrogen (secondary N) is 1. The Hall–Kier alpha value is -1.33. The van der Waals surface area contributed by atoms with E-state index in [9.17, 15) is 0 Å². The maximum Gasteiger partial charge on any atom is 0.132 e. The molecular weight excluding hydrogens is 280 g/mol. The van der Waals surface area contributed by atoms with Gasteiger partial charge in [0, 0.05) is 25.7 Å². The van der Waals surface area contributed by atoms with Crippen LogP contribution >= 0.6 is 23.4 Å². The number of hydrogen-bond donors (Lipinski definition) is 1. The van der Waals surface area contributed by atoms with E-state index in [-0.39, 0.29) is 0 Å². The molecule has 2 heterocycles. The van der Waals surface area contributed by atoms with Crippen LogP contribution in [-0.2, 0) is 6.42 Å². The van der Waals surface area contributed by atoms with Crippen molar-refractivity contribution in [2.24, 2.45) is 0 Å². The van der Waals surface area contributed by atoms with E-state index in [1.165, 1.54) is 11.8 Å². The molecule has 0 amide bonds. The molecule has 0 bridgehead atoms. The molecule has 2 aromatic heterocycles. The van der Waals surface area contributed by atoms with Crippen molar-refractivity contribution in [2.45, 2.75) is 29.8 Å². The summed E-state index contributed by atoms with van der Waals surface area (Å²) >= 11 is 7.33. The summed E-state index contributed by atoms with van der Waals surface area (Å²) in [4.78, 5) is 13.2. The van der Waals surface area contributed by atoms with Gasteiger partial charge in [-0.3, -0.25) is 0 Å². The summed E-state index contributed by atoms with van der Waals surface area (Å²) in [6.45, 7) is 2.11. The number of rotatable bonds is 5. The van der Waals surface area contributed by atoms with Gasteiger partial charge in [0.2, 0.25) is 0 Å². The molecule has 0 aliphatic heterocycles. The summed E-state index contributed by atoms with van der Waals surface area (Å²) in [6, 6.07) is 5.62. The van der Waals surface area contributed by atoms with Crippen LogP contribution in [0.4, 0.5) is 5.82 Å². The number of anilines is 1. The van der Waals surface area contributed by atoms with Crippen LogP contribution in [0.25, 0.3) is 0 Å². The Morgan fingerprint density at radius 1 is 1.26 bits per heavy atom. The highest BCUT2D eigenvalue weighted by atomic mass is 35.5. The first-order valence-corrected chi connectivity index (χ1v) is 7.26. The van der Waals surface area contributed by atoms with Crippen molar-refractivity contribution in [3.8, 4) is 0 Å². The Bertz CT molecular complexity index is 545. The number of aromatic nitrogens is 3. The molecule has 19 heavy (non-hydrogen) atoms. The average molecular weight is 295 g/mol. The molecule has 0 aliphatic carbocycles. The predicted molar refractivity (Wildman–Crippen MR) is 78.9 cm³/mol. The molecule has 100 valence electrons. The summed E-state index contributed by atoms with van der Waals surface area (Å²) in [7, 11) is 1.85. The number of nitrogens with zero attached hydrogens (tertiary/aromatic N) is 3. The molecule has 0 unspecified atom stereocenters. The molecule has 1 N–H and O–H groups in total. The first-order valence-electron chi connectivity index (χ1n) is 6.06. The minimum absolute atomic E-state index is 0.634. The SMILES string of the molecule is CCCc1nc(NC)cc(Sc2ccc(Cl)cn2)n1. The van der Waals surface area contributed by atoms with Crippen LogP contribution in [0, 0.1) is 0 Å². The first kappa shape index (κ1) is 14.1. The molecule has 0 saturated carbocycles. The number of aryl methyl sites for hydroxylation is 1. The average Bonchev–Trinajstić information content (AvgIpc) is 2.41. The first-order chi connectivity index (χ1) is 9.21. The second kappa shape index (κ2) is 6.73. The zero-order chi connectivity index (χ0) is 13.7. The van der Waals surface area contributed by atoms with Gasteiger partial charge in [0.25, 0.3) is 0 Å². The molecule has 0 fully saturated rings. The van der Waals surface area contributed by atoms with Crippen LogP contribution in [0.5, 0.6) is 0 Å². The van der Waals surface area contributed by atoms with Crippen LogP contribution in [0.3, 0.4) is 0 Å². The van der Waals surface area contributed by atoms with Crippen molar-refractivity contribution in [1.82, 2.24) is 15.0 Å². The minimum Gasteiger partial charge on any atom is -0.373 e. The third kappa shape index (κ3) is 4.08. The Balaban J connectivity index is 2.23. The van der Waals surface area contributed by atoms with Gasteiger partial charge in [-0.1, -0.05) is 18.5 Å². The van der Waals surface area contributed by atoms with Gasteiger partial charge >= 0.3 is 0 Å². The van der Waals surface area contributed by atoms with E-state index in [2.05, 4.69) is 27.2 Å². The second-order valence-electron chi connectivity index (χ2n) is 3.92. The fourth-order valence-corrected chi connectivity index (χ4v) is 2.41. The van der Waals surface area contributed by atoms with E-state index in [1.807, 2.05) is 25.2 Å². The zero-order valence-corrected chi connectivity index (χ0v) is 12.4. The third-order valence-electron chi connectivity index (χ3n) is 2.39. The Morgan fingerprint density at radius 2 is 2.11 bits per heavy atom. The molecule has 0 atom stereocenters. The highest BCUT2D eigenvalue weighted by Crippen LogP contribution is 2.26. The van der Waals surface area contributed by atoms with Crippen molar-refractivity contribution < 1.29 is 0 Å². The molecule has 4 nitrogen and oxygen atoms in total. The normalized spacial score (nSPS) is 10.5. The van der Waals surface area contributed by atoms with E-state index in [0.717, 1.165) is 34.5 Å². The highest BCUT2D eigenvalue weighted by molar-refractivity contribution is 7.99. The van der Waals surface area contributed by atoms with Gasteiger partial charge in [0.1, 0.15) is 21.7 Å². The van der Waals surface area contributed by atoms with Gasteiger partial charge < -0.3 is 5.32 Å². The van der Waals surface area contributed by atoms with Crippen LogP contribution in [-0.4, -0.2) is 22.0 Å². The van der Waals surface area contributed by atoms with Gasteiger partial charge in [0.05, 0.1) is 5.02 Å². The molecule has 6 heteroatoms. The summed E-state index contributed by atoms with van der Waals surface area (Å²) in [6.07, 6.45) is 3.53. The maximum atomic E-state index is 5.82. The molecule has 0 radical (unpaired) electrons. The fourth-order valence-electron chi connectivity index (χ4n) is 1.52. The summed E-state index contributed by atoms with van der Waals surface area (Å²) in [5.74, 6) is 1.68. The minimum atomic E-state index is 0.634. The molecule has 2 rings (SSSR count). The van der Waals surface area contributed by atoms with E-state index >= 15 is 0 Å². The van der Waals surface area contributed by atoms with Crippen LogP contribution in [0.15, 0.2) is 34.4 Å². The lowest BCUT2D eigenvalue weighted by Gasteiger charge is -2.06. The predicted octanol–water partition coefficient (Wildman–Crippen LogP) is 3.67. The second-order valence-corrected chi connectivity index (χ2v) is 5.40. The van der Waals surface area contributed by atoms with Crippen molar-refractivity contribution in [3.05, 3.63) is 35.2 Å². The maximum absolute atomic E-state index is 5.82. The molecule has 2 aromatic rings. The zero-order valence-electron chi connectivity index (χ0n) is 10.9. The standard InChI is InChI=1S/C13H15ClN4S/c1-3-4-10-17-11(15-2)7-13(18-10)19-12-6-5-9(14)8-16-12/h5-8H,3-4H2,1-2H3,(H,15,17,18). The van der Waals surface area contributed by atoms with Crippen LogP contribution in [0.1, 0.15) is 19.2 Å². The lowest BCUT2D eigenvalue weighted by atomic mass is 10.3. The van der Waals surface area contributed by atoms with Crippen LogP contribution in [0.2, 0.25) is 5.02 Å². The topological polar surface area (TPSA) is 50.7 Å². The van der Waals surface area contributed by atoms with Gasteiger partial charge in [-0.2, -0.15) is 0 Å². The quantitative estimate of drug-likeness (QED) is 0.853. The van der Waals surface area contributed by atoms with Gasteiger partial charge in [-0.25, -0.2) is 15.0 Å². The van der Waals surface area contributed by atoms with E-state index in [4.69, 9.17) is 11.6 Å². The van der Waals surface area contributed by atoms with E-state index in [0.29, 0.717) is 5.02 Å². The monoisotopic (exact) mass is 294 g/mol.